The lowest BCUT2D eigenvalue weighted by Gasteiger charge is -2.27. The van der Waals surface area contributed by atoms with Gasteiger partial charge < -0.3 is 31.7 Å². The predicted molar refractivity (Wildman–Crippen MR) is 161 cm³/mol. The molecule has 0 aliphatic carbocycles. The van der Waals surface area contributed by atoms with Crippen molar-refractivity contribution in [2.75, 3.05) is 23.4 Å². The molecule has 0 bridgehead atoms. The lowest BCUT2D eigenvalue weighted by molar-refractivity contribution is -0.128. The summed E-state index contributed by atoms with van der Waals surface area (Å²) in [5.74, 6) is -0.328. The zero-order valence-electron chi connectivity index (χ0n) is 23.8. The van der Waals surface area contributed by atoms with E-state index in [4.69, 9.17) is 10.8 Å². The van der Waals surface area contributed by atoms with Gasteiger partial charge in [-0.1, -0.05) is 67.6 Å². The second-order valence-electron chi connectivity index (χ2n) is 11.3. The fourth-order valence-corrected chi connectivity index (χ4v) is 5.13. The van der Waals surface area contributed by atoms with E-state index in [9.17, 15) is 14.4 Å². The van der Waals surface area contributed by atoms with Crippen LogP contribution in [0.5, 0.6) is 0 Å². The van der Waals surface area contributed by atoms with Gasteiger partial charge in [0.25, 0.3) is 0 Å². The second-order valence-corrected chi connectivity index (χ2v) is 11.3. The Balaban J connectivity index is 1.58. The second kappa shape index (κ2) is 13.0. The molecule has 4 amide bonds. The molecule has 0 saturated heterocycles. The van der Waals surface area contributed by atoms with Gasteiger partial charge in [-0.3, -0.25) is 9.59 Å². The van der Waals surface area contributed by atoms with Crippen LogP contribution in [0.15, 0.2) is 72.8 Å². The molecular formula is C32H39N5O4. The average molecular weight is 558 g/mol. The number of carbonyl (C=O) groups excluding carboxylic acids is 3. The molecule has 3 aromatic rings. The van der Waals surface area contributed by atoms with Crippen molar-refractivity contribution in [3.05, 3.63) is 83.9 Å². The summed E-state index contributed by atoms with van der Waals surface area (Å²) in [4.78, 5) is 40.6. The van der Waals surface area contributed by atoms with Crippen LogP contribution in [0, 0.1) is 0 Å². The Morgan fingerprint density at radius 2 is 1.71 bits per heavy atom. The van der Waals surface area contributed by atoms with Crippen molar-refractivity contribution >= 4 is 29.2 Å². The minimum absolute atomic E-state index is 0.0669. The van der Waals surface area contributed by atoms with Gasteiger partial charge in [0.2, 0.25) is 11.8 Å². The molecule has 0 spiro atoms. The van der Waals surface area contributed by atoms with Crippen molar-refractivity contribution in [3.8, 4) is 11.1 Å². The number of carbonyl (C=O) groups is 3. The molecule has 9 nitrogen and oxygen atoms in total. The molecule has 0 aromatic heterocycles. The molecule has 6 N–H and O–H groups in total. The van der Waals surface area contributed by atoms with Crippen molar-refractivity contribution < 1.29 is 19.5 Å². The molecule has 4 rings (SSSR count). The predicted octanol–water partition coefficient (Wildman–Crippen LogP) is 4.12. The number of anilines is 2. The number of benzene rings is 3. The monoisotopic (exact) mass is 557 g/mol. The highest BCUT2D eigenvalue weighted by Crippen LogP contribution is 2.36. The molecule has 41 heavy (non-hydrogen) atoms. The number of aliphatic hydroxyl groups is 1. The van der Waals surface area contributed by atoms with Crippen molar-refractivity contribution in [2.24, 2.45) is 5.73 Å². The summed E-state index contributed by atoms with van der Waals surface area (Å²) < 4.78 is 0. The fraction of sp³-hybridized carbons (Fsp3) is 0.344. The number of amides is 4. The van der Waals surface area contributed by atoms with Crippen LogP contribution < -0.4 is 26.6 Å². The smallest absolute Gasteiger partial charge is 0.319 e. The Bertz CT molecular complexity index is 1380. The minimum atomic E-state index is -0.675. The first-order valence-electron chi connectivity index (χ1n) is 13.9. The van der Waals surface area contributed by atoms with Crippen LogP contribution in [0.1, 0.15) is 50.7 Å². The number of rotatable bonds is 9. The maximum atomic E-state index is 13.9. The van der Waals surface area contributed by atoms with Crippen molar-refractivity contribution in [3.63, 3.8) is 0 Å². The van der Waals surface area contributed by atoms with E-state index in [1.807, 2.05) is 72.8 Å². The van der Waals surface area contributed by atoms with Crippen LogP contribution in [0.3, 0.4) is 0 Å². The van der Waals surface area contributed by atoms with Gasteiger partial charge in [0.05, 0.1) is 18.8 Å². The van der Waals surface area contributed by atoms with E-state index < -0.39 is 17.6 Å². The first-order chi connectivity index (χ1) is 19.6. The third-order valence-electron chi connectivity index (χ3n) is 7.04. The number of para-hydroxylation sites is 2. The van der Waals surface area contributed by atoms with E-state index in [1.165, 1.54) is 0 Å². The number of hydrogen-bond acceptors (Lipinski definition) is 5. The number of urea groups is 1. The molecule has 2 unspecified atom stereocenters. The van der Waals surface area contributed by atoms with Crippen molar-refractivity contribution in [1.29, 1.82) is 0 Å². The normalized spacial score (nSPS) is 16.9. The molecular weight excluding hydrogens is 518 g/mol. The first kappa shape index (κ1) is 29.8. The quantitative estimate of drug-likeness (QED) is 0.270. The van der Waals surface area contributed by atoms with Gasteiger partial charge in [0.15, 0.2) is 0 Å². The molecule has 9 heteroatoms. The Labute approximate surface area is 241 Å². The van der Waals surface area contributed by atoms with Crippen LogP contribution >= 0.6 is 0 Å². The summed E-state index contributed by atoms with van der Waals surface area (Å²) in [6.07, 6.45) is 0.622. The molecule has 2 atom stereocenters. The van der Waals surface area contributed by atoms with Crippen LogP contribution in [0.2, 0.25) is 0 Å². The maximum absolute atomic E-state index is 13.9. The number of aliphatic hydroxyl groups excluding tert-OH is 1. The Morgan fingerprint density at radius 3 is 2.41 bits per heavy atom. The van der Waals surface area contributed by atoms with E-state index >= 15 is 0 Å². The molecule has 1 aliphatic rings. The van der Waals surface area contributed by atoms with Gasteiger partial charge in [-0.15, -0.1) is 0 Å². The third-order valence-corrected chi connectivity index (χ3v) is 7.04. The maximum Gasteiger partial charge on any atom is 0.319 e. The van der Waals surface area contributed by atoms with Gasteiger partial charge >= 0.3 is 6.03 Å². The summed E-state index contributed by atoms with van der Waals surface area (Å²) in [7, 11) is 0. The average Bonchev–Trinajstić information content (AvgIpc) is 3.02. The molecule has 0 radical (unpaired) electrons. The van der Waals surface area contributed by atoms with Crippen LogP contribution in [0.25, 0.3) is 11.1 Å². The van der Waals surface area contributed by atoms with Crippen LogP contribution in [0.4, 0.5) is 16.2 Å². The third kappa shape index (κ3) is 7.71. The summed E-state index contributed by atoms with van der Waals surface area (Å²) in [6.45, 7) is 6.01. The van der Waals surface area contributed by atoms with Gasteiger partial charge in [-0.25, -0.2) is 4.79 Å². The Hall–Kier alpha value is -4.21. The molecule has 0 fully saturated rings. The highest BCUT2D eigenvalue weighted by molar-refractivity contribution is 6.01. The Morgan fingerprint density at radius 1 is 1.02 bits per heavy atom. The largest absolute Gasteiger partial charge is 0.395 e. The van der Waals surface area contributed by atoms with E-state index in [2.05, 4.69) is 22.9 Å². The van der Waals surface area contributed by atoms with Gasteiger partial charge in [-0.2, -0.15) is 0 Å². The highest BCUT2D eigenvalue weighted by atomic mass is 16.3. The number of nitrogens with zero attached hydrogens (tertiary/aromatic N) is 1. The van der Waals surface area contributed by atoms with E-state index in [0.717, 1.165) is 27.9 Å². The lowest BCUT2D eigenvalue weighted by Crippen LogP contribution is -2.50. The summed E-state index contributed by atoms with van der Waals surface area (Å²) in [6, 6.07) is 22.1. The minimum Gasteiger partial charge on any atom is -0.395 e. The number of fused-ring (bicyclic) bond motifs is 1. The first-order valence-corrected chi connectivity index (χ1v) is 13.9. The number of hydrogen-bond donors (Lipinski definition) is 5. The molecule has 216 valence electrons. The Kier molecular flexibility index (Phi) is 9.42. The van der Waals surface area contributed by atoms with Gasteiger partial charge in [0, 0.05) is 29.8 Å². The number of nitrogens with one attached hydrogen (secondary N) is 3. The zero-order valence-corrected chi connectivity index (χ0v) is 23.8. The van der Waals surface area contributed by atoms with E-state index in [0.29, 0.717) is 18.7 Å². The van der Waals surface area contributed by atoms with E-state index in [1.54, 1.807) is 18.7 Å². The van der Waals surface area contributed by atoms with Gasteiger partial charge in [0.1, 0.15) is 6.04 Å². The summed E-state index contributed by atoms with van der Waals surface area (Å²) >= 11 is 0. The van der Waals surface area contributed by atoms with Crippen molar-refractivity contribution in [1.82, 2.24) is 10.6 Å². The SMILES string of the molecule is CC1CC(NC(=O)CC(C)(C)N)C(=O)N(Cc2ccc(-c3ccccc3NC(=O)NCCO)cc2)c2ccccc21. The molecule has 0 saturated carbocycles. The van der Waals surface area contributed by atoms with Crippen LogP contribution in [-0.4, -0.2) is 47.7 Å². The molecule has 1 heterocycles. The van der Waals surface area contributed by atoms with E-state index in [-0.39, 0.29) is 37.3 Å². The lowest BCUT2D eigenvalue weighted by atomic mass is 9.94. The standard InChI is InChI=1S/C32H39N5O4/c1-21-18-27(35-29(39)19-32(2,3)33)30(40)37(28-11-7-5-8-24(21)28)20-22-12-14-23(15-13-22)25-9-4-6-10-26(25)36-31(41)34-16-17-38/h4-15,21,27,38H,16-20,33H2,1-3H3,(H,35,39)(H2,34,36,41). The topological polar surface area (TPSA) is 137 Å². The summed E-state index contributed by atoms with van der Waals surface area (Å²) in [5, 5.41) is 17.3. The number of nitrogens with two attached hydrogens (primary N) is 1. The molecule has 1 aliphatic heterocycles. The highest BCUT2D eigenvalue weighted by Gasteiger charge is 2.35. The van der Waals surface area contributed by atoms with Crippen LogP contribution in [-0.2, 0) is 16.1 Å². The van der Waals surface area contributed by atoms with Crippen molar-refractivity contribution in [2.45, 2.75) is 57.7 Å². The zero-order chi connectivity index (χ0) is 29.6. The summed E-state index contributed by atoms with van der Waals surface area (Å²) in [5.41, 5.74) is 10.6. The molecule has 3 aromatic carbocycles. The fourth-order valence-electron chi connectivity index (χ4n) is 5.13. The van der Waals surface area contributed by atoms with Gasteiger partial charge in [-0.05, 0) is 55.0 Å².